The number of para-hydroxylation sites is 1. The molecule has 210 valence electrons. The standard InChI is InChI=1S/C28H39N3O4.C3H8/c1-5-6-14-31(27(33)18-30-28(34)23(15-20(2)3)17-26(29)32)19-21-10-9-11-22(16-21)24-12-7-8-13-25(24)35-4;1-3-2/h7-13,16,20,23H,5-6,14-15,17-19H2,1-4H3,(H2,29,32)(H,30,34);3H2,1-2H3. The Kier molecular flexibility index (Phi) is 15.5. The first-order chi connectivity index (χ1) is 18.2. The summed E-state index contributed by atoms with van der Waals surface area (Å²) in [4.78, 5) is 38.9. The maximum absolute atomic E-state index is 13.1. The number of hydrogen-bond acceptors (Lipinski definition) is 4. The van der Waals surface area contributed by atoms with Gasteiger partial charge in [0.05, 0.1) is 13.7 Å². The minimum absolute atomic E-state index is 0.0203. The van der Waals surface area contributed by atoms with E-state index in [0.717, 1.165) is 35.3 Å². The number of carbonyl (C=O) groups excluding carboxylic acids is 3. The van der Waals surface area contributed by atoms with Crippen LogP contribution in [0.2, 0.25) is 0 Å². The molecule has 0 aliphatic rings. The fourth-order valence-electron chi connectivity index (χ4n) is 4.10. The summed E-state index contributed by atoms with van der Waals surface area (Å²) in [5.41, 5.74) is 8.32. The molecule has 0 fully saturated rings. The molecule has 0 aliphatic carbocycles. The van der Waals surface area contributed by atoms with Crippen LogP contribution in [-0.4, -0.2) is 42.8 Å². The van der Waals surface area contributed by atoms with Crippen LogP contribution in [-0.2, 0) is 20.9 Å². The second-order valence-electron chi connectivity index (χ2n) is 9.99. The van der Waals surface area contributed by atoms with Crippen LogP contribution in [0.4, 0.5) is 0 Å². The average Bonchev–Trinajstić information content (AvgIpc) is 2.89. The zero-order valence-corrected chi connectivity index (χ0v) is 24.1. The molecule has 1 atom stereocenters. The number of ether oxygens (including phenoxy) is 1. The molecule has 2 aromatic rings. The van der Waals surface area contributed by atoms with Crippen molar-refractivity contribution in [2.75, 3.05) is 20.2 Å². The van der Waals surface area contributed by atoms with Crippen LogP contribution >= 0.6 is 0 Å². The molecule has 1 unspecified atom stereocenters. The number of methoxy groups -OCH3 is 1. The molecule has 0 saturated heterocycles. The number of rotatable bonds is 14. The maximum Gasteiger partial charge on any atom is 0.242 e. The molecular formula is C31H47N3O4. The molecule has 0 saturated carbocycles. The van der Waals surface area contributed by atoms with E-state index in [2.05, 4.69) is 32.2 Å². The van der Waals surface area contributed by atoms with Gasteiger partial charge in [-0.3, -0.25) is 14.4 Å². The second kappa shape index (κ2) is 18.0. The summed E-state index contributed by atoms with van der Waals surface area (Å²) in [5, 5.41) is 2.73. The molecule has 3 amide bonds. The van der Waals surface area contributed by atoms with E-state index in [0.29, 0.717) is 19.5 Å². The third-order valence-electron chi connectivity index (χ3n) is 5.84. The van der Waals surface area contributed by atoms with Gasteiger partial charge in [-0.05, 0) is 42.0 Å². The zero-order valence-electron chi connectivity index (χ0n) is 24.1. The lowest BCUT2D eigenvalue weighted by molar-refractivity contribution is -0.135. The van der Waals surface area contributed by atoms with Crippen molar-refractivity contribution in [2.24, 2.45) is 17.6 Å². The molecule has 0 aliphatic heterocycles. The Bertz CT molecular complexity index is 1010. The molecule has 2 rings (SSSR count). The van der Waals surface area contributed by atoms with Gasteiger partial charge in [-0.25, -0.2) is 0 Å². The molecule has 38 heavy (non-hydrogen) atoms. The lowest BCUT2D eigenvalue weighted by Gasteiger charge is -2.24. The summed E-state index contributed by atoms with van der Waals surface area (Å²) < 4.78 is 5.50. The number of primary amides is 1. The van der Waals surface area contributed by atoms with Crippen LogP contribution in [0.1, 0.15) is 72.3 Å². The highest BCUT2D eigenvalue weighted by molar-refractivity contribution is 5.88. The van der Waals surface area contributed by atoms with Gasteiger partial charge in [-0.1, -0.05) is 83.9 Å². The summed E-state index contributed by atoms with van der Waals surface area (Å²) in [6, 6.07) is 15.9. The van der Waals surface area contributed by atoms with Crippen LogP contribution in [0.15, 0.2) is 48.5 Å². The molecule has 0 aromatic heterocycles. The van der Waals surface area contributed by atoms with Crippen LogP contribution in [0.25, 0.3) is 11.1 Å². The van der Waals surface area contributed by atoms with Crippen LogP contribution < -0.4 is 15.8 Å². The number of hydrogen-bond donors (Lipinski definition) is 2. The van der Waals surface area contributed by atoms with Crippen LogP contribution in [0.3, 0.4) is 0 Å². The van der Waals surface area contributed by atoms with Crippen molar-refractivity contribution in [3.05, 3.63) is 54.1 Å². The molecule has 0 heterocycles. The number of nitrogens with two attached hydrogens (primary N) is 1. The van der Waals surface area contributed by atoms with E-state index in [9.17, 15) is 14.4 Å². The van der Waals surface area contributed by atoms with Crippen molar-refractivity contribution in [1.82, 2.24) is 10.2 Å². The van der Waals surface area contributed by atoms with E-state index in [-0.39, 0.29) is 30.7 Å². The largest absolute Gasteiger partial charge is 0.496 e. The first-order valence-electron chi connectivity index (χ1n) is 13.7. The normalized spacial score (nSPS) is 11.2. The SMILES string of the molecule is CCC.CCCCN(Cc1cccc(-c2ccccc2OC)c1)C(=O)CNC(=O)C(CC(N)=O)CC(C)C. The molecule has 3 N–H and O–H groups in total. The second-order valence-corrected chi connectivity index (χ2v) is 9.99. The summed E-state index contributed by atoms with van der Waals surface area (Å²) in [6.45, 7) is 11.2. The molecule has 0 bridgehead atoms. The molecular weight excluding hydrogens is 478 g/mol. The number of benzene rings is 2. The lowest BCUT2D eigenvalue weighted by Crippen LogP contribution is -2.43. The Labute approximate surface area is 229 Å². The van der Waals surface area contributed by atoms with E-state index < -0.39 is 11.8 Å². The van der Waals surface area contributed by atoms with E-state index in [4.69, 9.17) is 10.5 Å². The highest BCUT2D eigenvalue weighted by atomic mass is 16.5. The topological polar surface area (TPSA) is 102 Å². The van der Waals surface area contributed by atoms with Crippen molar-refractivity contribution >= 4 is 17.7 Å². The molecule has 0 spiro atoms. The lowest BCUT2D eigenvalue weighted by atomic mass is 9.93. The van der Waals surface area contributed by atoms with Crippen molar-refractivity contribution in [3.63, 3.8) is 0 Å². The molecule has 7 nitrogen and oxygen atoms in total. The Hall–Kier alpha value is -3.35. The van der Waals surface area contributed by atoms with Crippen molar-refractivity contribution in [1.29, 1.82) is 0 Å². The average molecular weight is 526 g/mol. The summed E-state index contributed by atoms with van der Waals surface area (Å²) in [6.07, 6.45) is 3.59. The van der Waals surface area contributed by atoms with Gasteiger partial charge in [0.25, 0.3) is 0 Å². The highest BCUT2D eigenvalue weighted by Gasteiger charge is 2.23. The summed E-state index contributed by atoms with van der Waals surface area (Å²) >= 11 is 0. The summed E-state index contributed by atoms with van der Waals surface area (Å²) in [7, 11) is 1.65. The van der Waals surface area contributed by atoms with Gasteiger partial charge in [0, 0.05) is 31.0 Å². The maximum atomic E-state index is 13.1. The van der Waals surface area contributed by atoms with Gasteiger partial charge >= 0.3 is 0 Å². The number of carbonyl (C=O) groups is 3. The predicted molar refractivity (Wildman–Crippen MR) is 154 cm³/mol. The van der Waals surface area contributed by atoms with E-state index >= 15 is 0 Å². The van der Waals surface area contributed by atoms with Crippen molar-refractivity contribution in [3.8, 4) is 16.9 Å². The van der Waals surface area contributed by atoms with Crippen molar-refractivity contribution < 1.29 is 19.1 Å². The zero-order chi connectivity index (χ0) is 28.5. The molecule has 7 heteroatoms. The minimum atomic E-state index is -0.526. The number of nitrogens with zero attached hydrogens (tertiary/aromatic N) is 1. The Morgan fingerprint density at radius 3 is 2.32 bits per heavy atom. The number of unbranched alkanes of at least 4 members (excludes halogenated alkanes) is 1. The summed E-state index contributed by atoms with van der Waals surface area (Å²) in [5.74, 6) is -0.481. The van der Waals surface area contributed by atoms with Crippen LogP contribution in [0, 0.1) is 11.8 Å². The third-order valence-corrected chi connectivity index (χ3v) is 5.84. The first-order valence-corrected chi connectivity index (χ1v) is 13.7. The minimum Gasteiger partial charge on any atom is -0.496 e. The van der Waals surface area contributed by atoms with E-state index in [1.807, 2.05) is 56.3 Å². The predicted octanol–water partition coefficient (Wildman–Crippen LogP) is 5.56. The van der Waals surface area contributed by atoms with E-state index in [1.54, 1.807) is 12.0 Å². The smallest absolute Gasteiger partial charge is 0.242 e. The van der Waals surface area contributed by atoms with Gasteiger partial charge < -0.3 is 20.7 Å². The van der Waals surface area contributed by atoms with Crippen molar-refractivity contribution in [2.45, 2.75) is 73.3 Å². The van der Waals surface area contributed by atoms with E-state index in [1.165, 1.54) is 6.42 Å². The quantitative estimate of drug-likeness (QED) is 0.337. The van der Waals surface area contributed by atoms with Gasteiger partial charge in [0.2, 0.25) is 17.7 Å². The monoisotopic (exact) mass is 525 g/mol. The van der Waals surface area contributed by atoms with Gasteiger partial charge in [-0.2, -0.15) is 0 Å². The van der Waals surface area contributed by atoms with Gasteiger partial charge in [-0.15, -0.1) is 0 Å². The number of amides is 3. The Balaban J connectivity index is 0.00000229. The Morgan fingerprint density at radius 1 is 1.03 bits per heavy atom. The highest BCUT2D eigenvalue weighted by Crippen LogP contribution is 2.30. The van der Waals surface area contributed by atoms with Gasteiger partial charge in [0.15, 0.2) is 0 Å². The third kappa shape index (κ3) is 11.8. The van der Waals surface area contributed by atoms with Crippen LogP contribution in [0.5, 0.6) is 5.75 Å². The van der Waals surface area contributed by atoms with Gasteiger partial charge in [0.1, 0.15) is 5.75 Å². The molecule has 2 aromatic carbocycles. The fourth-order valence-corrected chi connectivity index (χ4v) is 4.10. The molecule has 0 radical (unpaired) electrons. The fraction of sp³-hybridized carbons (Fsp3) is 0.516. The first kappa shape index (κ1) is 32.7. The number of nitrogens with one attached hydrogen (secondary N) is 1. The Morgan fingerprint density at radius 2 is 1.71 bits per heavy atom.